The topological polar surface area (TPSA) is 59.2 Å². The van der Waals surface area contributed by atoms with Gasteiger partial charge in [0.15, 0.2) is 0 Å². The van der Waals surface area contributed by atoms with Gasteiger partial charge in [0, 0.05) is 23.0 Å². The van der Waals surface area contributed by atoms with Gasteiger partial charge < -0.3 is 9.42 Å². The molecule has 1 aromatic heterocycles. The number of hydrogen-bond donors (Lipinski definition) is 0. The van der Waals surface area contributed by atoms with E-state index in [9.17, 15) is 4.79 Å². The largest absolute Gasteiger partial charge is 0.337 e. The van der Waals surface area contributed by atoms with Crippen molar-refractivity contribution in [1.82, 2.24) is 15.0 Å². The summed E-state index contributed by atoms with van der Waals surface area (Å²) >= 11 is 3.44. The number of carbonyl (C=O) groups excluding carboxylic acids is 1. The summed E-state index contributed by atoms with van der Waals surface area (Å²) in [4.78, 5) is 18.8. The van der Waals surface area contributed by atoms with Crippen LogP contribution in [0.2, 0.25) is 0 Å². The van der Waals surface area contributed by atoms with Crippen LogP contribution in [0, 0.1) is 6.92 Å². The average Bonchev–Trinajstić information content (AvgIpc) is 3.25. The van der Waals surface area contributed by atoms with Gasteiger partial charge in [-0.15, -0.1) is 0 Å². The van der Waals surface area contributed by atoms with Crippen molar-refractivity contribution < 1.29 is 9.32 Å². The minimum atomic E-state index is -0.170. The maximum atomic E-state index is 12.4. The predicted octanol–water partition coefficient (Wildman–Crippen LogP) is 4.67. The van der Waals surface area contributed by atoms with E-state index in [2.05, 4.69) is 26.1 Å². The fraction of sp³-hybridized carbons (Fsp3) is 0.250. The minimum Gasteiger partial charge on any atom is -0.337 e. The van der Waals surface area contributed by atoms with Gasteiger partial charge in [-0.05, 0) is 36.6 Å². The second-order valence-electron chi connectivity index (χ2n) is 6.47. The number of aromatic nitrogens is 2. The van der Waals surface area contributed by atoms with Gasteiger partial charge in [-0.3, -0.25) is 4.79 Å². The number of aryl methyl sites for hydroxylation is 1. The Hall–Kier alpha value is -2.47. The van der Waals surface area contributed by atoms with Gasteiger partial charge in [0.2, 0.25) is 17.6 Å². The van der Waals surface area contributed by atoms with Crippen molar-refractivity contribution in [2.45, 2.75) is 32.4 Å². The molecule has 1 atom stereocenters. The lowest BCUT2D eigenvalue weighted by atomic mass is 10.1. The molecular formula is C20H18BrN3O2. The van der Waals surface area contributed by atoms with E-state index >= 15 is 0 Å². The van der Waals surface area contributed by atoms with Crippen molar-refractivity contribution in [2.75, 3.05) is 0 Å². The fourth-order valence-electron chi connectivity index (χ4n) is 3.28. The molecular weight excluding hydrogens is 394 g/mol. The Morgan fingerprint density at radius 2 is 1.96 bits per heavy atom. The van der Waals surface area contributed by atoms with Gasteiger partial charge in [0.1, 0.15) is 6.04 Å². The lowest BCUT2D eigenvalue weighted by Crippen LogP contribution is -2.27. The molecule has 1 saturated heterocycles. The third kappa shape index (κ3) is 3.29. The fourth-order valence-corrected chi connectivity index (χ4v) is 3.54. The molecule has 0 N–H and O–H groups in total. The zero-order chi connectivity index (χ0) is 18.1. The Labute approximate surface area is 160 Å². The molecule has 1 aliphatic rings. The molecule has 3 aromatic rings. The molecule has 1 aliphatic heterocycles. The van der Waals surface area contributed by atoms with Gasteiger partial charge in [-0.1, -0.05) is 57.5 Å². The van der Waals surface area contributed by atoms with Crippen LogP contribution in [0.25, 0.3) is 11.4 Å². The average molecular weight is 412 g/mol. The Morgan fingerprint density at radius 1 is 1.19 bits per heavy atom. The standard InChI is InChI=1S/C20H18BrN3O2/c1-13-4-2-3-5-16(13)19-22-20(26-23-19)17-10-11-18(25)24(17)12-14-6-8-15(21)9-7-14/h2-9,17H,10-12H2,1H3. The highest BCUT2D eigenvalue weighted by Gasteiger charge is 2.36. The number of carbonyl (C=O) groups is 1. The van der Waals surface area contributed by atoms with Crippen molar-refractivity contribution in [1.29, 1.82) is 0 Å². The van der Waals surface area contributed by atoms with Gasteiger partial charge in [0.05, 0.1) is 0 Å². The van der Waals surface area contributed by atoms with E-state index in [0.717, 1.165) is 21.2 Å². The Bertz CT molecular complexity index is 936. The summed E-state index contributed by atoms with van der Waals surface area (Å²) in [5.41, 5.74) is 3.12. The highest BCUT2D eigenvalue weighted by Crippen LogP contribution is 2.34. The minimum absolute atomic E-state index is 0.119. The number of hydrogen-bond acceptors (Lipinski definition) is 4. The van der Waals surface area contributed by atoms with E-state index < -0.39 is 0 Å². The molecule has 132 valence electrons. The molecule has 1 unspecified atom stereocenters. The van der Waals surface area contributed by atoms with Crippen LogP contribution in [0.4, 0.5) is 0 Å². The highest BCUT2D eigenvalue weighted by atomic mass is 79.9. The summed E-state index contributed by atoms with van der Waals surface area (Å²) in [5, 5.41) is 4.14. The number of amides is 1. The van der Waals surface area contributed by atoms with Crippen molar-refractivity contribution in [3.63, 3.8) is 0 Å². The first-order chi connectivity index (χ1) is 12.6. The smallest absolute Gasteiger partial charge is 0.249 e. The second kappa shape index (κ2) is 7.03. The van der Waals surface area contributed by atoms with Gasteiger partial charge in [0.25, 0.3) is 0 Å². The van der Waals surface area contributed by atoms with Crippen molar-refractivity contribution >= 4 is 21.8 Å². The van der Waals surface area contributed by atoms with Crippen LogP contribution in [0.3, 0.4) is 0 Å². The van der Waals surface area contributed by atoms with Crippen molar-refractivity contribution in [3.8, 4) is 11.4 Å². The number of rotatable bonds is 4. The molecule has 0 bridgehead atoms. The third-order valence-corrected chi connectivity index (χ3v) is 5.24. The van der Waals surface area contributed by atoms with Crippen LogP contribution in [0.1, 0.15) is 35.9 Å². The molecule has 0 radical (unpaired) electrons. The molecule has 5 nitrogen and oxygen atoms in total. The first-order valence-corrected chi connectivity index (χ1v) is 9.34. The van der Waals surface area contributed by atoms with Gasteiger partial charge in [-0.2, -0.15) is 4.98 Å². The van der Waals surface area contributed by atoms with E-state index in [4.69, 9.17) is 4.52 Å². The van der Waals surface area contributed by atoms with E-state index in [1.54, 1.807) is 0 Å². The van der Waals surface area contributed by atoms with E-state index in [0.29, 0.717) is 31.1 Å². The predicted molar refractivity (Wildman–Crippen MR) is 101 cm³/mol. The summed E-state index contributed by atoms with van der Waals surface area (Å²) in [5.74, 6) is 1.20. The molecule has 6 heteroatoms. The summed E-state index contributed by atoms with van der Waals surface area (Å²) in [6.45, 7) is 2.56. The Balaban J connectivity index is 1.59. The number of nitrogens with zero attached hydrogens (tertiary/aromatic N) is 3. The van der Waals surface area contributed by atoms with Crippen LogP contribution in [0.5, 0.6) is 0 Å². The van der Waals surface area contributed by atoms with E-state index in [-0.39, 0.29) is 11.9 Å². The first-order valence-electron chi connectivity index (χ1n) is 8.55. The number of halogens is 1. The van der Waals surface area contributed by atoms with Crippen molar-refractivity contribution in [2.24, 2.45) is 0 Å². The SMILES string of the molecule is Cc1ccccc1-c1noc(C2CCC(=O)N2Cc2ccc(Br)cc2)n1. The third-order valence-electron chi connectivity index (χ3n) is 4.71. The molecule has 1 fully saturated rings. The van der Waals surface area contributed by atoms with Crippen LogP contribution in [-0.4, -0.2) is 20.9 Å². The highest BCUT2D eigenvalue weighted by molar-refractivity contribution is 9.10. The molecule has 26 heavy (non-hydrogen) atoms. The zero-order valence-corrected chi connectivity index (χ0v) is 15.9. The Kier molecular flexibility index (Phi) is 4.59. The van der Waals surface area contributed by atoms with Crippen LogP contribution >= 0.6 is 15.9 Å². The molecule has 2 aromatic carbocycles. The molecule has 0 aliphatic carbocycles. The van der Waals surface area contributed by atoms with E-state index in [1.807, 2.05) is 60.4 Å². The summed E-state index contributed by atoms with van der Waals surface area (Å²) in [7, 11) is 0. The normalized spacial score (nSPS) is 17.1. The monoisotopic (exact) mass is 411 g/mol. The first kappa shape index (κ1) is 17.0. The lowest BCUT2D eigenvalue weighted by Gasteiger charge is -2.22. The molecule has 2 heterocycles. The second-order valence-corrected chi connectivity index (χ2v) is 7.39. The maximum absolute atomic E-state index is 12.4. The van der Waals surface area contributed by atoms with Crippen LogP contribution in [0.15, 0.2) is 57.5 Å². The Morgan fingerprint density at radius 3 is 2.73 bits per heavy atom. The maximum Gasteiger partial charge on any atom is 0.249 e. The van der Waals surface area contributed by atoms with Gasteiger partial charge >= 0.3 is 0 Å². The molecule has 0 spiro atoms. The number of benzene rings is 2. The summed E-state index contributed by atoms with van der Waals surface area (Å²) in [6, 6.07) is 15.7. The zero-order valence-electron chi connectivity index (χ0n) is 14.4. The van der Waals surface area contributed by atoms with Gasteiger partial charge in [-0.25, -0.2) is 0 Å². The lowest BCUT2D eigenvalue weighted by molar-refractivity contribution is -0.129. The van der Waals surface area contributed by atoms with Crippen LogP contribution < -0.4 is 0 Å². The van der Waals surface area contributed by atoms with Crippen molar-refractivity contribution in [3.05, 3.63) is 70.0 Å². The quantitative estimate of drug-likeness (QED) is 0.625. The summed E-state index contributed by atoms with van der Waals surface area (Å²) in [6.07, 6.45) is 1.20. The molecule has 0 saturated carbocycles. The van der Waals surface area contributed by atoms with Crippen LogP contribution in [-0.2, 0) is 11.3 Å². The van der Waals surface area contributed by atoms with E-state index in [1.165, 1.54) is 0 Å². The summed E-state index contributed by atoms with van der Waals surface area (Å²) < 4.78 is 6.55. The molecule has 1 amide bonds. The number of likely N-dealkylation sites (tertiary alicyclic amines) is 1. The molecule has 4 rings (SSSR count).